The molecule has 0 spiro atoms. The number of aliphatic hydroxyl groups is 2. The van der Waals surface area contributed by atoms with Crippen LogP contribution >= 0.6 is 0 Å². The highest BCUT2D eigenvalue weighted by molar-refractivity contribution is 6.77. The summed E-state index contributed by atoms with van der Waals surface area (Å²) in [6.45, 7) is 15.4. The molecule has 2 N–H and O–H groups in total. The Bertz CT molecular complexity index is 344. The molecule has 0 aromatic rings. The van der Waals surface area contributed by atoms with Crippen LogP contribution in [-0.4, -0.2) is 43.4 Å². The van der Waals surface area contributed by atoms with Crippen molar-refractivity contribution in [2.24, 2.45) is 0 Å². The molecule has 3 atom stereocenters. The Hall–Kier alpha value is -0.363. The predicted molar refractivity (Wildman–Crippen MR) is 87.6 cm³/mol. The molecule has 124 valence electrons. The third-order valence-electron chi connectivity index (χ3n) is 4.80. The average molecular weight is 317 g/mol. The molecular formula is C16H32O4Si. The largest absolute Gasteiger partial charge is 0.493 e. The number of aliphatic hydroxyl groups excluding tert-OH is 2. The Labute approximate surface area is 130 Å². The summed E-state index contributed by atoms with van der Waals surface area (Å²) in [6, 6.07) is 0. The van der Waals surface area contributed by atoms with E-state index in [9.17, 15) is 10.2 Å². The molecule has 1 aliphatic heterocycles. The van der Waals surface area contributed by atoms with Crippen molar-refractivity contribution in [3.8, 4) is 0 Å². The lowest BCUT2D eigenvalue weighted by molar-refractivity contribution is -0.0845. The molecule has 0 aromatic heterocycles. The topological polar surface area (TPSA) is 58.9 Å². The molecule has 0 bridgehead atoms. The molecule has 1 heterocycles. The van der Waals surface area contributed by atoms with E-state index in [1.807, 2.05) is 0 Å². The molecular weight excluding hydrogens is 284 g/mol. The van der Waals surface area contributed by atoms with E-state index in [0.29, 0.717) is 28.8 Å². The minimum absolute atomic E-state index is 0.336. The first-order chi connectivity index (χ1) is 9.64. The van der Waals surface area contributed by atoms with Gasteiger partial charge in [0, 0.05) is 0 Å². The highest BCUT2D eigenvalue weighted by atomic mass is 28.4. The van der Waals surface area contributed by atoms with E-state index in [1.165, 1.54) is 6.26 Å². The smallest absolute Gasteiger partial charge is 0.200 e. The van der Waals surface area contributed by atoms with Gasteiger partial charge in [0.15, 0.2) is 0 Å². The molecule has 0 aliphatic carbocycles. The van der Waals surface area contributed by atoms with Crippen molar-refractivity contribution in [2.75, 3.05) is 6.61 Å². The quantitative estimate of drug-likeness (QED) is 0.739. The van der Waals surface area contributed by atoms with Crippen LogP contribution in [0.1, 0.15) is 48.5 Å². The predicted octanol–water partition coefficient (Wildman–Crippen LogP) is 3.20. The molecule has 21 heavy (non-hydrogen) atoms. The van der Waals surface area contributed by atoms with Gasteiger partial charge in [0.25, 0.3) is 0 Å². The van der Waals surface area contributed by atoms with E-state index < -0.39 is 26.6 Å². The van der Waals surface area contributed by atoms with Gasteiger partial charge in [0.05, 0.1) is 12.9 Å². The van der Waals surface area contributed by atoms with Crippen molar-refractivity contribution < 1.29 is 19.4 Å². The maximum absolute atomic E-state index is 10.1. The van der Waals surface area contributed by atoms with E-state index >= 15 is 0 Å². The van der Waals surface area contributed by atoms with Crippen LogP contribution in [0.15, 0.2) is 11.8 Å². The fraction of sp³-hybridized carbons (Fsp3) is 0.875. The van der Waals surface area contributed by atoms with Crippen molar-refractivity contribution in [1.82, 2.24) is 0 Å². The summed E-state index contributed by atoms with van der Waals surface area (Å²) >= 11 is 0. The Morgan fingerprint density at radius 3 is 2.00 bits per heavy atom. The summed E-state index contributed by atoms with van der Waals surface area (Å²) < 4.78 is 12.0. The highest BCUT2D eigenvalue weighted by Crippen LogP contribution is 2.42. The normalized spacial score (nSPS) is 27.2. The molecule has 0 saturated heterocycles. The molecule has 0 fully saturated rings. The van der Waals surface area contributed by atoms with Gasteiger partial charge in [-0.05, 0) is 29.1 Å². The Balaban J connectivity index is 2.83. The Morgan fingerprint density at radius 2 is 1.57 bits per heavy atom. The van der Waals surface area contributed by atoms with Gasteiger partial charge in [0.2, 0.25) is 8.32 Å². The van der Waals surface area contributed by atoms with E-state index in [0.717, 1.165) is 0 Å². The van der Waals surface area contributed by atoms with Crippen molar-refractivity contribution >= 4 is 8.32 Å². The summed E-state index contributed by atoms with van der Waals surface area (Å²) in [5, 5.41) is 20.1. The first-order valence-electron chi connectivity index (χ1n) is 7.96. The van der Waals surface area contributed by atoms with Crippen LogP contribution in [0.2, 0.25) is 16.6 Å². The molecule has 5 heteroatoms. The van der Waals surface area contributed by atoms with Crippen LogP contribution in [0.25, 0.3) is 0 Å². The van der Waals surface area contributed by atoms with Gasteiger partial charge in [-0.2, -0.15) is 0 Å². The first-order valence-corrected chi connectivity index (χ1v) is 10.1. The summed E-state index contributed by atoms with van der Waals surface area (Å²) in [7, 11) is -1.97. The highest BCUT2D eigenvalue weighted by Gasteiger charge is 2.46. The molecule has 1 rings (SSSR count). The standard InChI is InChI=1S/C16H32O4Si/c1-10(2)21(11(3)4,12(5)6)20-9-14-16(18)15(17)13(7)8-19-14/h8,10-12,14-18H,9H2,1-7H3/t14-,15-,16-/m1/s1. The molecule has 0 radical (unpaired) electrons. The van der Waals surface area contributed by atoms with Crippen LogP contribution in [0.4, 0.5) is 0 Å². The number of hydrogen-bond acceptors (Lipinski definition) is 4. The Kier molecular flexibility index (Phi) is 6.47. The van der Waals surface area contributed by atoms with Gasteiger partial charge in [-0.1, -0.05) is 41.5 Å². The zero-order valence-corrected chi connectivity index (χ0v) is 15.5. The minimum atomic E-state index is -1.97. The fourth-order valence-corrected chi connectivity index (χ4v) is 9.13. The fourth-order valence-electron chi connectivity index (χ4n) is 3.68. The number of rotatable bonds is 6. The van der Waals surface area contributed by atoms with E-state index in [4.69, 9.17) is 9.16 Å². The molecule has 0 unspecified atom stereocenters. The van der Waals surface area contributed by atoms with Crippen LogP contribution in [0.3, 0.4) is 0 Å². The van der Waals surface area contributed by atoms with Crippen LogP contribution in [0, 0.1) is 0 Å². The third kappa shape index (κ3) is 3.70. The van der Waals surface area contributed by atoms with E-state index in [2.05, 4.69) is 41.5 Å². The third-order valence-corrected chi connectivity index (χ3v) is 10.9. The Morgan fingerprint density at radius 1 is 1.10 bits per heavy atom. The summed E-state index contributed by atoms with van der Waals surface area (Å²) in [6.07, 6.45) is -0.741. The number of hydrogen-bond donors (Lipinski definition) is 2. The second-order valence-electron chi connectivity index (χ2n) is 7.10. The van der Waals surface area contributed by atoms with E-state index in [1.54, 1.807) is 6.92 Å². The minimum Gasteiger partial charge on any atom is -0.493 e. The molecule has 0 amide bonds. The van der Waals surface area contributed by atoms with Crippen LogP contribution < -0.4 is 0 Å². The molecule has 4 nitrogen and oxygen atoms in total. The second kappa shape index (κ2) is 7.27. The SMILES string of the molecule is CC1=CO[C@H](CO[Si](C(C)C)(C(C)C)C(C)C)[C@@H](O)[C@@H]1O. The average Bonchev–Trinajstić information content (AvgIpc) is 2.37. The van der Waals surface area contributed by atoms with Crippen molar-refractivity contribution in [1.29, 1.82) is 0 Å². The lowest BCUT2D eigenvalue weighted by Crippen LogP contribution is -2.52. The molecule has 0 saturated carbocycles. The maximum atomic E-state index is 10.1. The monoisotopic (exact) mass is 316 g/mol. The first kappa shape index (κ1) is 18.7. The van der Waals surface area contributed by atoms with Crippen molar-refractivity contribution in [3.05, 3.63) is 11.8 Å². The van der Waals surface area contributed by atoms with Gasteiger partial charge in [-0.25, -0.2) is 0 Å². The van der Waals surface area contributed by atoms with Gasteiger partial charge in [-0.15, -0.1) is 0 Å². The van der Waals surface area contributed by atoms with Crippen LogP contribution in [0.5, 0.6) is 0 Å². The van der Waals surface area contributed by atoms with Gasteiger partial charge >= 0.3 is 0 Å². The lowest BCUT2D eigenvalue weighted by atomic mass is 10.0. The summed E-state index contributed by atoms with van der Waals surface area (Å²) in [4.78, 5) is 0. The lowest BCUT2D eigenvalue weighted by Gasteiger charge is -2.43. The van der Waals surface area contributed by atoms with E-state index in [-0.39, 0.29) is 0 Å². The van der Waals surface area contributed by atoms with Gasteiger partial charge < -0.3 is 19.4 Å². The maximum Gasteiger partial charge on any atom is 0.200 e. The van der Waals surface area contributed by atoms with Gasteiger partial charge in [-0.3, -0.25) is 0 Å². The zero-order valence-electron chi connectivity index (χ0n) is 14.5. The van der Waals surface area contributed by atoms with Gasteiger partial charge in [0.1, 0.15) is 18.3 Å². The summed E-state index contributed by atoms with van der Waals surface area (Å²) in [5.41, 5.74) is 2.11. The van der Waals surface area contributed by atoms with Crippen LogP contribution in [-0.2, 0) is 9.16 Å². The number of ether oxygens (including phenoxy) is 1. The van der Waals surface area contributed by atoms with Crippen molar-refractivity contribution in [2.45, 2.75) is 83.4 Å². The molecule has 1 aliphatic rings. The second-order valence-corrected chi connectivity index (χ2v) is 12.6. The zero-order chi connectivity index (χ0) is 16.4. The summed E-state index contributed by atoms with van der Waals surface area (Å²) in [5.74, 6) is 0. The molecule has 0 aromatic carbocycles. The van der Waals surface area contributed by atoms with Crippen molar-refractivity contribution in [3.63, 3.8) is 0 Å².